The number of hydrogen-bond donors (Lipinski definition) is 7. The van der Waals surface area contributed by atoms with Crippen LogP contribution in [-0.2, 0) is 28.8 Å². The smallest absolute Gasteiger partial charge is 0.326 e. The molecule has 0 bridgehead atoms. The molecule has 1 heterocycles. The van der Waals surface area contributed by atoms with Crippen LogP contribution < -0.4 is 16.4 Å². The zero-order valence-electron chi connectivity index (χ0n) is 15.8. The summed E-state index contributed by atoms with van der Waals surface area (Å²) < 4.78 is 0. The first-order valence-electron chi connectivity index (χ1n) is 8.92. The third-order valence-electron chi connectivity index (χ3n) is 4.36. The van der Waals surface area contributed by atoms with Gasteiger partial charge >= 0.3 is 17.9 Å². The number of carbonyl (C=O) groups excluding carboxylic acids is 3. The molecule has 0 aromatic heterocycles. The van der Waals surface area contributed by atoms with Gasteiger partial charge in [0, 0.05) is 12.3 Å². The van der Waals surface area contributed by atoms with E-state index >= 15 is 0 Å². The van der Waals surface area contributed by atoms with Gasteiger partial charge in [-0.2, -0.15) is 12.6 Å². The maximum absolute atomic E-state index is 12.8. The standard InChI is InChI=1S/C16H24N4O9S/c17-7(4-11(21)22)13(25)19-9(6-30)15(27)20-3-1-2-10(20)14(26)18-8(16(28)29)5-12(23)24/h7-10,30H,1-6,17H2,(H,18,26)(H,19,25)(H,21,22)(H,23,24)(H,28,29). The Balaban J connectivity index is 2.84. The van der Waals surface area contributed by atoms with E-state index in [1.54, 1.807) is 0 Å². The van der Waals surface area contributed by atoms with Gasteiger partial charge in [0.05, 0.1) is 18.9 Å². The highest BCUT2D eigenvalue weighted by molar-refractivity contribution is 7.80. The van der Waals surface area contributed by atoms with E-state index in [1.165, 1.54) is 0 Å². The second kappa shape index (κ2) is 11.3. The van der Waals surface area contributed by atoms with E-state index in [-0.39, 0.29) is 18.7 Å². The Morgan fingerprint density at radius 2 is 1.60 bits per heavy atom. The largest absolute Gasteiger partial charge is 0.481 e. The van der Waals surface area contributed by atoms with E-state index in [9.17, 15) is 28.8 Å². The molecular formula is C16H24N4O9S. The number of rotatable bonds is 11. The van der Waals surface area contributed by atoms with Gasteiger partial charge in [-0.25, -0.2) is 4.79 Å². The van der Waals surface area contributed by atoms with E-state index in [4.69, 9.17) is 21.1 Å². The first-order chi connectivity index (χ1) is 14.0. The van der Waals surface area contributed by atoms with Crippen LogP contribution in [0.15, 0.2) is 0 Å². The van der Waals surface area contributed by atoms with Gasteiger partial charge in [-0.1, -0.05) is 0 Å². The SMILES string of the molecule is NC(CC(=O)O)C(=O)NC(CS)C(=O)N1CCCC1C(=O)NC(CC(=O)O)C(=O)O. The van der Waals surface area contributed by atoms with Crippen molar-refractivity contribution in [2.24, 2.45) is 5.73 Å². The normalized spacial score (nSPS) is 18.7. The Labute approximate surface area is 176 Å². The molecule has 0 aromatic rings. The molecule has 13 nitrogen and oxygen atoms in total. The fraction of sp³-hybridized carbons (Fsp3) is 0.625. The topological polar surface area (TPSA) is 216 Å². The predicted molar refractivity (Wildman–Crippen MR) is 103 cm³/mol. The van der Waals surface area contributed by atoms with Crippen LogP contribution in [0.25, 0.3) is 0 Å². The molecule has 30 heavy (non-hydrogen) atoms. The van der Waals surface area contributed by atoms with Crippen LogP contribution in [-0.4, -0.2) is 92.3 Å². The number of carboxylic acids is 3. The molecule has 1 aliphatic heterocycles. The molecule has 4 unspecified atom stereocenters. The van der Waals surface area contributed by atoms with Gasteiger partial charge in [0.15, 0.2) is 0 Å². The van der Waals surface area contributed by atoms with Crippen molar-refractivity contribution < 1.29 is 44.1 Å². The highest BCUT2D eigenvalue weighted by atomic mass is 32.1. The average Bonchev–Trinajstić information content (AvgIpc) is 3.13. The van der Waals surface area contributed by atoms with E-state index in [1.807, 2.05) is 0 Å². The first kappa shape index (κ1) is 25.2. The number of carboxylic acid groups (broad SMARTS) is 3. The van der Waals surface area contributed by atoms with Crippen LogP contribution in [0.2, 0.25) is 0 Å². The number of nitrogens with zero attached hydrogens (tertiary/aromatic N) is 1. The Kier molecular flexibility index (Phi) is 9.52. The Morgan fingerprint density at radius 3 is 2.10 bits per heavy atom. The zero-order chi connectivity index (χ0) is 23.0. The molecular weight excluding hydrogens is 424 g/mol. The van der Waals surface area contributed by atoms with Crippen LogP contribution in [0.4, 0.5) is 0 Å². The number of nitrogens with one attached hydrogen (secondary N) is 2. The maximum atomic E-state index is 12.8. The highest BCUT2D eigenvalue weighted by Gasteiger charge is 2.39. The van der Waals surface area contributed by atoms with Gasteiger partial charge in [-0.15, -0.1) is 0 Å². The summed E-state index contributed by atoms with van der Waals surface area (Å²) in [5.41, 5.74) is 5.46. The van der Waals surface area contributed by atoms with Crippen molar-refractivity contribution in [2.75, 3.05) is 12.3 Å². The second-order valence-electron chi connectivity index (χ2n) is 6.64. The van der Waals surface area contributed by atoms with E-state index in [0.29, 0.717) is 6.42 Å². The lowest BCUT2D eigenvalue weighted by Crippen LogP contribution is -2.57. The van der Waals surface area contributed by atoms with Crippen molar-refractivity contribution in [3.63, 3.8) is 0 Å². The number of thiol groups is 1. The third kappa shape index (κ3) is 7.18. The molecule has 0 radical (unpaired) electrons. The van der Waals surface area contributed by atoms with Crippen LogP contribution in [0, 0.1) is 0 Å². The van der Waals surface area contributed by atoms with Crippen LogP contribution >= 0.6 is 12.6 Å². The highest BCUT2D eigenvalue weighted by Crippen LogP contribution is 2.19. The van der Waals surface area contributed by atoms with Gasteiger partial charge in [0.1, 0.15) is 18.1 Å². The Bertz CT molecular complexity index is 717. The molecule has 14 heteroatoms. The number of hydrogen-bond acceptors (Lipinski definition) is 8. The molecule has 1 aliphatic rings. The molecule has 0 aromatic carbocycles. The summed E-state index contributed by atoms with van der Waals surface area (Å²) in [5, 5.41) is 30.9. The molecule has 1 fully saturated rings. The number of amides is 3. The lowest BCUT2D eigenvalue weighted by Gasteiger charge is -2.29. The maximum Gasteiger partial charge on any atom is 0.326 e. The van der Waals surface area contributed by atoms with Crippen molar-refractivity contribution in [1.29, 1.82) is 0 Å². The molecule has 0 spiro atoms. The number of aliphatic carboxylic acids is 3. The van der Waals surface area contributed by atoms with Crippen molar-refractivity contribution in [3.8, 4) is 0 Å². The summed E-state index contributed by atoms with van der Waals surface area (Å²) in [5.74, 6) is -6.79. The quantitative estimate of drug-likeness (QED) is 0.161. The van der Waals surface area contributed by atoms with Crippen molar-refractivity contribution in [3.05, 3.63) is 0 Å². The third-order valence-corrected chi connectivity index (χ3v) is 4.73. The van der Waals surface area contributed by atoms with Gasteiger partial charge in [-0.3, -0.25) is 24.0 Å². The minimum Gasteiger partial charge on any atom is -0.481 e. The molecule has 7 N–H and O–H groups in total. The number of nitrogens with two attached hydrogens (primary N) is 1. The summed E-state index contributed by atoms with van der Waals surface area (Å²) in [4.78, 5) is 71.0. The predicted octanol–water partition coefficient (Wildman–Crippen LogP) is -2.76. The van der Waals surface area contributed by atoms with Crippen molar-refractivity contribution in [2.45, 2.75) is 49.9 Å². The van der Waals surface area contributed by atoms with E-state index in [0.717, 1.165) is 4.90 Å². The lowest BCUT2D eigenvalue weighted by atomic mass is 10.1. The summed E-state index contributed by atoms with van der Waals surface area (Å²) >= 11 is 4.00. The van der Waals surface area contributed by atoms with E-state index < -0.39 is 72.6 Å². The van der Waals surface area contributed by atoms with Gasteiger partial charge in [-0.05, 0) is 12.8 Å². The Morgan fingerprint density at radius 1 is 1.00 bits per heavy atom. The Hall–Kier alpha value is -2.87. The van der Waals surface area contributed by atoms with Gasteiger partial charge < -0.3 is 36.6 Å². The van der Waals surface area contributed by atoms with Gasteiger partial charge in [0.2, 0.25) is 17.7 Å². The molecule has 4 atom stereocenters. The molecule has 168 valence electrons. The average molecular weight is 448 g/mol. The summed E-state index contributed by atoms with van der Waals surface area (Å²) in [6.07, 6.45) is -0.845. The zero-order valence-corrected chi connectivity index (χ0v) is 16.7. The summed E-state index contributed by atoms with van der Waals surface area (Å²) in [6.45, 7) is 0.148. The van der Waals surface area contributed by atoms with Crippen molar-refractivity contribution >= 4 is 48.3 Å². The van der Waals surface area contributed by atoms with Gasteiger partial charge in [0.25, 0.3) is 0 Å². The monoisotopic (exact) mass is 448 g/mol. The second-order valence-corrected chi connectivity index (χ2v) is 7.00. The van der Waals surface area contributed by atoms with Crippen molar-refractivity contribution in [1.82, 2.24) is 15.5 Å². The molecule has 1 rings (SSSR count). The van der Waals surface area contributed by atoms with Crippen LogP contribution in [0.5, 0.6) is 0 Å². The fourth-order valence-electron chi connectivity index (χ4n) is 2.89. The minimum atomic E-state index is -1.66. The number of likely N-dealkylation sites (tertiary alicyclic amines) is 1. The van der Waals surface area contributed by atoms with Crippen LogP contribution in [0.1, 0.15) is 25.7 Å². The first-order valence-corrected chi connectivity index (χ1v) is 9.55. The molecule has 0 aliphatic carbocycles. The van der Waals surface area contributed by atoms with Crippen LogP contribution in [0.3, 0.4) is 0 Å². The molecule has 0 saturated carbocycles. The summed E-state index contributed by atoms with van der Waals surface area (Å²) in [6, 6.07) is -5.30. The molecule has 3 amide bonds. The number of carbonyl (C=O) groups is 6. The lowest BCUT2D eigenvalue weighted by molar-refractivity contribution is -0.148. The minimum absolute atomic E-state index is 0.148. The van der Waals surface area contributed by atoms with E-state index in [2.05, 4.69) is 23.3 Å². The summed E-state index contributed by atoms with van der Waals surface area (Å²) in [7, 11) is 0. The fourth-order valence-corrected chi connectivity index (χ4v) is 3.14. The molecule has 1 saturated heterocycles.